The van der Waals surface area contributed by atoms with Crippen LogP contribution in [0.4, 0.5) is 5.69 Å². The molecule has 1 aromatic rings. The van der Waals surface area contributed by atoms with Crippen LogP contribution in [-0.4, -0.2) is 24.8 Å². The first-order valence-corrected chi connectivity index (χ1v) is 7.28. The Hall–Kier alpha value is -0.770. The zero-order valence-corrected chi connectivity index (χ0v) is 12.4. The van der Waals surface area contributed by atoms with E-state index in [1.54, 1.807) is 0 Å². The Balaban J connectivity index is 2.13. The van der Waals surface area contributed by atoms with Crippen molar-refractivity contribution in [3.8, 4) is 0 Å². The normalized spacial score (nSPS) is 27.5. The van der Waals surface area contributed by atoms with E-state index in [9.17, 15) is 0 Å². The molecule has 0 radical (unpaired) electrons. The molecule has 0 spiro atoms. The molecule has 0 amide bonds. The molecule has 4 heteroatoms. The lowest BCUT2D eigenvalue weighted by molar-refractivity contribution is -0.0357. The molecule has 2 rings (SSSR count). The fourth-order valence-corrected chi connectivity index (χ4v) is 2.79. The summed E-state index contributed by atoms with van der Waals surface area (Å²) in [5.74, 6) is 0.507. The Morgan fingerprint density at radius 3 is 2.95 bits per heavy atom. The summed E-state index contributed by atoms with van der Waals surface area (Å²) in [7, 11) is 0. The standard InChI is InChI=1S/C15H23ClN2O/c1-11(2)14-9-15(10-17,6-7-19-14)18-13-5-3-4-12(16)8-13/h3-5,8,11,14,18H,6-7,9-10,17H2,1-2H3. The third-order valence-corrected chi connectivity index (χ3v) is 4.11. The highest BCUT2D eigenvalue weighted by molar-refractivity contribution is 6.30. The molecule has 1 heterocycles. The summed E-state index contributed by atoms with van der Waals surface area (Å²) in [6.07, 6.45) is 2.14. The van der Waals surface area contributed by atoms with Crippen molar-refractivity contribution in [3.63, 3.8) is 0 Å². The van der Waals surface area contributed by atoms with E-state index in [0.29, 0.717) is 12.5 Å². The topological polar surface area (TPSA) is 47.3 Å². The van der Waals surface area contributed by atoms with E-state index < -0.39 is 0 Å². The fourth-order valence-electron chi connectivity index (χ4n) is 2.60. The maximum atomic E-state index is 6.04. The molecule has 0 aromatic heterocycles. The van der Waals surface area contributed by atoms with Gasteiger partial charge in [0.2, 0.25) is 0 Å². The second-order valence-corrected chi connectivity index (χ2v) is 6.16. The van der Waals surface area contributed by atoms with Crippen molar-refractivity contribution in [1.29, 1.82) is 0 Å². The Labute approximate surface area is 120 Å². The zero-order chi connectivity index (χ0) is 13.9. The molecule has 3 N–H and O–H groups in total. The van der Waals surface area contributed by atoms with Crippen molar-refractivity contribution in [2.45, 2.75) is 38.3 Å². The van der Waals surface area contributed by atoms with Crippen LogP contribution in [0.15, 0.2) is 24.3 Å². The SMILES string of the molecule is CC(C)C1CC(CN)(Nc2cccc(Cl)c2)CCO1. The molecule has 1 fully saturated rings. The van der Waals surface area contributed by atoms with Crippen LogP contribution < -0.4 is 11.1 Å². The summed E-state index contributed by atoms with van der Waals surface area (Å²) in [5, 5.41) is 4.32. The number of hydrogen-bond donors (Lipinski definition) is 2. The smallest absolute Gasteiger partial charge is 0.0620 e. The quantitative estimate of drug-likeness (QED) is 0.891. The molecular weight excluding hydrogens is 260 g/mol. The van der Waals surface area contributed by atoms with Crippen LogP contribution in [0, 0.1) is 5.92 Å². The van der Waals surface area contributed by atoms with Gasteiger partial charge in [0.25, 0.3) is 0 Å². The Morgan fingerprint density at radius 1 is 1.53 bits per heavy atom. The molecule has 1 saturated heterocycles. The monoisotopic (exact) mass is 282 g/mol. The van der Waals surface area contributed by atoms with E-state index in [4.69, 9.17) is 22.1 Å². The lowest BCUT2D eigenvalue weighted by Crippen LogP contribution is -2.53. The third kappa shape index (κ3) is 3.62. The van der Waals surface area contributed by atoms with Gasteiger partial charge in [-0.05, 0) is 37.0 Å². The van der Waals surface area contributed by atoms with Gasteiger partial charge in [0.05, 0.1) is 11.6 Å². The molecule has 2 unspecified atom stereocenters. The summed E-state index contributed by atoms with van der Waals surface area (Å²) < 4.78 is 5.84. The van der Waals surface area contributed by atoms with Gasteiger partial charge in [-0.1, -0.05) is 31.5 Å². The van der Waals surface area contributed by atoms with Gasteiger partial charge in [0, 0.05) is 23.9 Å². The van der Waals surface area contributed by atoms with E-state index in [-0.39, 0.29) is 11.6 Å². The number of anilines is 1. The van der Waals surface area contributed by atoms with Crippen LogP contribution in [0.1, 0.15) is 26.7 Å². The van der Waals surface area contributed by atoms with Crippen molar-refractivity contribution in [3.05, 3.63) is 29.3 Å². The van der Waals surface area contributed by atoms with E-state index in [2.05, 4.69) is 19.2 Å². The molecular formula is C15H23ClN2O. The first kappa shape index (κ1) is 14.6. The average Bonchev–Trinajstić information content (AvgIpc) is 2.39. The molecule has 0 saturated carbocycles. The predicted molar refractivity (Wildman–Crippen MR) is 80.7 cm³/mol. The number of nitrogens with one attached hydrogen (secondary N) is 1. The van der Waals surface area contributed by atoms with Gasteiger partial charge in [-0.3, -0.25) is 0 Å². The average molecular weight is 283 g/mol. The van der Waals surface area contributed by atoms with E-state index in [1.165, 1.54) is 0 Å². The van der Waals surface area contributed by atoms with Crippen molar-refractivity contribution in [2.24, 2.45) is 11.7 Å². The van der Waals surface area contributed by atoms with Gasteiger partial charge in [0.1, 0.15) is 0 Å². The first-order valence-electron chi connectivity index (χ1n) is 6.90. The Morgan fingerprint density at radius 2 is 2.32 bits per heavy atom. The number of benzene rings is 1. The van der Waals surface area contributed by atoms with Crippen LogP contribution >= 0.6 is 11.6 Å². The highest BCUT2D eigenvalue weighted by atomic mass is 35.5. The van der Waals surface area contributed by atoms with E-state index in [1.807, 2.05) is 24.3 Å². The van der Waals surface area contributed by atoms with Gasteiger partial charge in [-0.2, -0.15) is 0 Å². The Kier molecular flexibility index (Phi) is 4.71. The number of ether oxygens (including phenoxy) is 1. The number of hydrogen-bond acceptors (Lipinski definition) is 3. The van der Waals surface area contributed by atoms with Gasteiger partial charge in [-0.25, -0.2) is 0 Å². The second-order valence-electron chi connectivity index (χ2n) is 5.73. The summed E-state index contributed by atoms with van der Waals surface area (Å²) in [5.41, 5.74) is 6.98. The fraction of sp³-hybridized carbons (Fsp3) is 0.600. The highest BCUT2D eigenvalue weighted by Crippen LogP contribution is 2.31. The summed E-state index contributed by atoms with van der Waals surface area (Å²) >= 11 is 6.03. The van der Waals surface area contributed by atoms with E-state index >= 15 is 0 Å². The maximum Gasteiger partial charge on any atom is 0.0620 e. The van der Waals surface area contributed by atoms with Gasteiger partial charge < -0.3 is 15.8 Å². The van der Waals surface area contributed by atoms with Gasteiger partial charge in [0.15, 0.2) is 0 Å². The molecule has 19 heavy (non-hydrogen) atoms. The van der Waals surface area contributed by atoms with E-state index in [0.717, 1.165) is 30.2 Å². The second kappa shape index (κ2) is 6.12. The Bertz CT molecular complexity index is 424. The highest BCUT2D eigenvalue weighted by Gasteiger charge is 2.37. The van der Waals surface area contributed by atoms with Crippen LogP contribution in [0.3, 0.4) is 0 Å². The van der Waals surface area contributed by atoms with Crippen LogP contribution in [0.2, 0.25) is 5.02 Å². The van der Waals surface area contributed by atoms with Crippen LogP contribution in [0.25, 0.3) is 0 Å². The van der Waals surface area contributed by atoms with Crippen LogP contribution in [0.5, 0.6) is 0 Å². The third-order valence-electron chi connectivity index (χ3n) is 3.87. The maximum absolute atomic E-state index is 6.04. The van der Waals surface area contributed by atoms with Gasteiger partial charge in [-0.15, -0.1) is 0 Å². The van der Waals surface area contributed by atoms with Crippen molar-refractivity contribution in [1.82, 2.24) is 0 Å². The molecule has 106 valence electrons. The molecule has 3 nitrogen and oxygen atoms in total. The molecule has 0 bridgehead atoms. The zero-order valence-electron chi connectivity index (χ0n) is 11.7. The van der Waals surface area contributed by atoms with Crippen molar-refractivity contribution < 1.29 is 4.74 Å². The lowest BCUT2D eigenvalue weighted by Gasteiger charge is -2.42. The first-order chi connectivity index (χ1) is 9.04. The largest absolute Gasteiger partial charge is 0.378 e. The minimum absolute atomic E-state index is 0.0854. The van der Waals surface area contributed by atoms with Crippen LogP contribution in [-0.2, 0) is 4.74 Å². The summed E-state index contributed by atoms with van der Waals surface area (Å²) in [4.78, 5) is 0. The molecule has 1 aliphatic rings. The molecule has 1 aromatic carbocycles. The minimum Gasteiger partial charge on any atom is -0.378 e. The number of nitrogens with two attached hydrogens (primary N) is 1. The predicted octanol–water partition coefficient (Wildman–Crippen LogP) is 3.28. The molecule has 2 atom stereocenters. The van der Waals surface area contributed by atoms with Crippen molar-refractivity contribution >= 4 is 17.3 Å². The minimum atomic E-state index is -0.0854. The number of rotatable bonds is 4. The summed E-state index contributed by atoms with van der Waals surface area (Å²) in [6.45, 7) is 5.74. The summed E-state index contributed by atoms with van der Waals surface area (Å²) in [6, 6.07) is 7.80. The van der Waals surface area contributed by atoms with Gasteiger partial charge >= 0.3 is 0 Å². The molecule has 0 aliphatic carbocycles. The van der Waals surface area contributed by atoms with Crippen molar-refractivity contribution in [2.75, 3.05) is 18.5 Å². The number of halogens is 1. The molecule has 1 aliphatic heterocycles. The lowest BCUT2D eigenvalue weighted by atomic mass is 9.83.